The van der Waals surface area contributed by atoms with Crippen molar-refractivity contribution in [1.82, 2.24) is 0 Å². The first-order valence-corrected chi connectivity index (χ1v) is 4.96. The van der Waals surface area contributed by atoms with Gasteiger partial charge in [-0.3, -0.25) is 0 Å². The number of nitrogens with two attached hydrogens (primary N) is 1. The summed E-state index contributed by atoms with van der Waals surface area (Å²) in [6.07, 6.45) is 0.259. The molecule has 0 fully saturated rings. The number of anilines is 1. The van der Waals surface area contributed by atoms with Crippen LogP contribution in [0.25, 0.3) is 0 Å². The van der Waals surface area contributed by atoms with Crippen LogP contribution in [0.2, 0.25) is 0 Å². The first-order chi connectivity index (χ1) is 6.68. The fraction of sp³-hybridized carbons (Fsp3) is 0.455. The highest BCUT2D eigenvalue weighted by Gasteiger charge is 2.22. The van der Waals surface area contributed by atoms with Crippen LogP contribution in [0, 0.1) is 6.92 Å². The molecule has 2 rings (SSSR count). The normalized spacial score (nSPS) is 26.2. The van der Waals surface area contributed by atoms with E-state index in [2.05, 4.69) is 5.32 Å². The summed E-state index contributed by atoms with van der Waals surface area (Å²) in [6.45, 7) is 2.84. The molecule has 0 bridgehead atoms. The van der Waals surface area contributed by atoms with Gasteiger partial charge in [0.05, 0.1) is 6.10 Å². The van der Waals surface area contributed by atoms with Crippen LogP contribution >= 0.6 is 0 Å². The Kier molecular flexibility index (Phi) is 2.44. The lowest BCUT2D eigenvalue weighted by molar-refractivity contribution is 0.146. The standard InChI is InChI=1S/C11H16N2O/c1-7-2-3-10-8(6-7)11(14)9(12)4-5-13-10/h2-3,6,9,11,13-14H,4-5,12H2,1H3. The summed E-state index contributed by atoms with van der Waals surface area (Å²) in [4.78, 5) is 0. The maximum Gasteiger partial charge on any atom is 0.0961 e. The van der Waals surface area contributed by atoms with Crippen LogP contribution in [-0.4, -0.2) is 17.7 Å². The van der Waals surface area contributed by atoms with E-state index < -0.39 is 6.10 Å². The molecule has 0 aliphatic carbocycles. The van der Waals surface area contributed by atoms with E-state index in [1.54, 1.807) is 0 Å². The molecule has 2 unspecified atom stereocenters. The van der Waals surface area contributed by atoms with E-state index in [1.807, 2.05) is 25.1 Å². The van der Waals surface area contributed by atoms with Crippen LogP contribution in [0.5, 0.6) is 0 Å². The SMILES string of the molecule is Cc1ccc2c(c1)C(O)C(N)CCN2. The Hall–Kier alpha value is -1.06. The van der Waals surface area contributed by atoms with Gasteiger partial charge >= 0.3 is 0 Å². The number of hydrogen-bond donors (Lipinski definition) is 3. The second kappa shape index (κ2) is 3.59. The highest BCUT2D eigenvalue weighted by molar-refractivity contribution is 5.54. The van der Waals surface area contributed by atoms with E-state index in [0.29, 0.717) is 0 Å². The summed E-state index contributed by atoms with van der Waals surface area (Å²) in [5.41, 5.74) is 8.94. The van der Waals surface area contributed by atoms with E-state index in [4.69, 9.17) is 5.73 Å². The Morgan fingerprint density at radius 1 is 1.50 bits per heavy atom. The van der Waals surface area contributed by atoms with Gasteiger partial charge in [0.15, 0.2) is 0 Å². The van der Waals surface area contributed by atoms with Crippen molar-refractivity contribution in [3.63, 3.8) is 0 Å². The number of benzene rings is 1. The Labute approximate surface area is 83.9 Å². The Balaban J connectivity index is 2.44. The van der Waals surface area contributed by atoms with E-state index in [9.17, 15) is 5.11 Å². The number of rotatable bonds is 0. The lowest BCUT2D eigenvalue weighted by Gasteiger charge is -2.17. The van der Waals surface area contributed by atoms with Crippen LogP contribution in [-0.2, 0) is 0 Å². The summed E-state index contributed by atoms with van der Waals surface area (Å²) in [5.74, 6) is 0. The van der Waals surface area contributed by atoms with Gasteiger partial charge in [0.2, 0.25) is 0 Å². The monoisotopic (exact) mass is 192 g/mol. The van der Waals surface area contributed by atoms with Crippen molar-refractivity contribution < 1.29 is 5.11 Å². The lowest BCUT2D eigenvalue weighted by Crippen LogP contribution is -2.28. The van der Waals surface area contributed by atoms with Gasteiger partial charge in [-0.25, -0.2) is 0 Å². The lowest BCUT2D eigenvalue weighted by atomic mass is 9.99. The van der Waals surface area contributed by atoms with Gasteiger partial charge in [0.1, 0.15) is 0 Å². The summed E-state index contributed by atoms with van der Waals surface area (Å²) in [5, 5.41) is 13.2. The van der Waals surface area contributed by atoms with Gasteiger partial charge in [-0.2, -0.15) is 0 Å². The summed E-state index contributed by atoms with van der Waals surface area (Å²) in [7, 11) is 0. The highest BCUT2D eigenvalue weighted by atomic mass is 16.3. The molecule has 0 radical (unpaired) electrons. The maximum atomic E-state index is 9.97. The number of aryl methyl sites for hydroxylation is 1. The second-order valence-corrected chi connectivity index (χ2v) is 3.91. The molecule has 1 aliphatic heterocycles. The third kappa shape index (κ3) is 1.61. The second-order valence-electron chi connectivity index (χ2n) is 3.91. The molecule has 1 aliphatic rings. The minimum atomic E-state index is -0.542. The van der Waals surface area contributed by atoms with Crippen molar-refractivity contribution in [3.05, 3.63) is 29.3 Å². The Bertz CT molecular complexity index is 338. The fourth-order valence-corrected chi connectivity index (χ4v) is 1.85. The van der Waals surface area contributed by atoms with Crippen molar-refractivity contribution in [2.75, 3.05) is 11.9 Å². The molecule has 0 saturated carbocycles. The zero-order valence-corrected chi connectivity index (χ0v) is 8.33. The van der Waals surface area contributed by atoms with Crippen molar-refractivity contribution in [1.29, 1.82) is 0 Å². The smallest absolute Gasteiger partial charge is 0.0961 e. The average Bonchev–Trinajstić information content (AvgIpc) is 2.30. The molecule has 14 heavy (non-hydrogen) atoms. The predicted molar refractivity (Wildman–Crippen MR) is 57.2 cm³/mol. The number of fused-ring (bicyclic) bond motifs is 1. The number of hydrogen-bond acceptors (Lipinski definition) is 3. The van der Waals surface area contributed by atoms with Crippen LogP contribution in [0.1, 0.15) is 23.7 Å². The average molecular weight is 192 g/mol. The quantitative estimate of drug-likeness (QED) is 0.578. The zero-order valence-electron chi connectivity index (χ0n) is 8.33. The van der Waals surface area contributed by atoms with Crippen LogP contribution in [0.4, 0.5) is 5.69 Å². The van der Waals surface area contributed by atoms with E-state index in [0.717, 1.165) is 29.8 Å². The first-order valence-electron chi connectivity index (χ1n) is 4.96. The molecule has 2 atom stereocenters. The molecule has 0 saturated heterocycles. The van der Waals surface area contributed by atoms with Crippen molar-refractivity contribution in [3.8, 4) is 0 Å². The van der Waals surface area contributed by atoms with Gasteiger partial charge in [0.25, 0.3) is 0 Å². The third-order valence-electron chi connectivity index (χ3n) is 2.72. The summed E-state index contributed by atoms with van der Waals surface area (Å²) >= 11 is 0. The molecular formula is C11H16N2O. The number of aliphatic hydroxyl groups is 1. The first kappa shape index (κ1) is 9.49. The molecule has 4 N–H and O–H groups in total. The minimum absolute atomic E-state index is 0.162. The molecule has 0 aromatic heterocycles. The molecule has 1 aromatic rings. The van der Waals surface area contributed by atoms with Gasteiger partial charge in [-0.05, 0) is 19.4 Å². The van der Waals surface area contributed by atoms with Gasteiger partial charge in [-0.1, -0.05) is 17.7 Å². The molecule has 0 amide bonds. The number of nitrogens with one attached hydrogen (secondary N) is 1. The number of aliphatic hydroxyl groups excluding tert-OH is 1. The summed E-state index contributed by atoms with van der Waals surface area (Å²) in [6, 6.07) is 5.88. The molecule has 1 aromatic carbocycles. The maximum absolute atomic E-state index is 9.97. The highest BCUT2D eigenvalue weighted by Crippen LogP contribution is 2.29. The van der Waals surface area contributed by atoms with Crippen LogP contribution < -0.4 is 11.1 Å². The molecule has 0 spiro atoms. The van der Waals surface area contributed by atoms with E-state index >= 15 is 0 Å². The van der Waals surface area contributed by atoms with Gasteiger partial charge in [0, 0.05) is 23.8 Å². The van der Waals surface area contributed by atoms with Crippen molar-refractivity contribution in [2.45, 2.75) is 25.5 Å². The third-order valence-corrected chi connectivity index (χ3v) is 2.72. The minimum Gasteiger partial charge on any atom is -0.387 e. The van der Waals surface area contributed by atoms with Crippen LogP contribution in [0.3, 0.4) is 0 Å². The molecular weight excluding hydrogens is 176 g/mol. The van der Waals surface area contributed by atoms with Crippen molar-refractivity contribution >= 4 is 5.69 Å². The van der Waals surface area contributed by atoms with Gasteiger partial charge < -0.3 is 16.2 Å². The fourth-order valence-electron chi connectivity index (χ4n) is 1.85. The Morgan fingerprint density at radius 3 is 3.07 bits per heavy atom. The van der Waals surface area contributed by atoms with E-state index in [1.165, 1.54) is 0 Å². The molecule has 3 nitrogen and oxygen atoms in total. The van der Waals surface area contributed by atoms with E-state index in [-0.39, 0.29) is 6.04 Å². The molecule has 3 heteroatoms. The van der Waals surface area contributed by atoms with Crippen molar-refractivity contribution in [2.24, 2.45) is 5.73 Å². The van der Waals surface area contributed by atoms with Gasteiger partial charge in [-0.15, -0.1) is 0 Å². The summed E-state index contributed by atoms with van der Waals surface area (Å²) < 4.78 is 0. The molecule has 1 heterocycles. The Morgan fingerprint density at radius 2 is 2.29 bits per heavy atom. The molecule has 76 valence electrons. The van der Waals surface area contributed by atoms with Crippen LogP contribution in [0.15, 0.2) is 18.2 Å². The zero-order chi connectivity index (χ0) is 10.1. The predicted octanol–water partition coefficient (Wildman–Crippen LogP) is 1.17. The largest absolute Gasteiger partial charge is 0.387 e. The topological polar surface area (TPSA) is 58.3 Å².